The van der Waals surface area contributed by atoms with Gasteiger partial charge in [-0.3, -0.25) is 4.18 Å². The zero-order chi connectivity index (χ0) is 12.2. The van der Waals surface area contributed by atoms with Gasteiger partial charge in [-0.15, -0.1) is 0 Å². The highest BCUT2D eigenvalue weighted by atomic mass is 32.2. The second-order valence-electron chi connectivity index (χ2n) is 4.40. The van der Waals surface area contributed by atoms with Crippen LogP contribution in [-0.2, 0) is 19.0 Å². The quantitative estimate of drug-likeness (QED) is 0.577. The lowest BCUT2D eigenvalue weighted by atomic mass is 9.82. The second-order valence-corrected chi connectivity index (χ2v) is 6.04. The molecule has 0 amide bonds. The van der Waals surface area contributed by atoms with Crippen molar-refractivity contribution in [2.75, 3.05) is 20.0 Å². The molecule has 16 heavy (non-hydrogen) atoms. The first-order valence-electron chi connectivity index (χ1n) is 5.47. The first kappa shape index (κ1) is 13.9. The third-order valence-corrected chi connectivity index (χ3v) is 3.62. The van der Waals surface area contributed by atoms with Crippen LogP contribution in [0.1, 0.15) is 25.7 Å². The molecule has 1 saturated carbocycles. The minimum Gasteiger partial charge on any atom is -0.368 e. The lowest BCUT2D eigenvalue weighted by Crippen LogP contribution is -2.28. The van der Waals surface area contributed by atoms with E-state index in [1.165, 1.54) is 7.11 Å². The predicted molar refractivity (Wildman–Crippen MR) is 59.3 cm³/mol. The van der Waals surface area contributed by atoms with Crippen molar-refractivity contribution in [3.63, 3.8) is 0 Å². The first-order chi connectivity index (χ1) is 7.42. The van der Waals surface area contributed by atoms with E-state index in [1.54, 1.807) is 0 Å². The molecule has 0 unspecified atom stereocenters. The molecule has 0 aromatic carbocycles. The Labute approximate surface area is 96.9 Å². The Morgan fingerprint density at radius 2 is 1.88 bits per heavy atom. The van der Waals surface area contributed by atoms with Crippen LogP contribution >= 0.6 is 0 Å². The van der Waals surface area contributed by atoms with Crippen LogP contribution in [0, 0.1) is 11.8 Å². The fraction of sp³-hybridized carbons (Fsp3) is 1.00. The first-order valence-corrected chi connectivity index (χ1v) is 7.29. The van der Waals surface area contributed by atoms with Crippen LogP contribution in [-0.4, -0.2) is 39.8 Å². The maximum atomic E-state index is 10.8. The number of aliphatic hydroxyl groups is 1. The maximum Gasteiger partial charge on any atom is 0.264 e. The van der Waals surface area contributed by atoms with E-state index in [9.17, 15) is 13.5 Å². The molecule has 0 radical (unpaired) electrons. The van der Waals surface area contributed by atoms with Crippen molar-refractivity contribution in [3.05, 3.63) is 0 Å². The van der Waals surface area contributed by atoms with E-state index >= 15 is 0 Å². The van der Waals surface area contributed by atoms with Crippen LogP contribution in [0.4, 0.5) is 0 Å². The Bertz CT molecular complexity index is 292. The number of methoxy groups -OCH3 is 1. The Balaban J connectivity index is 2.27. The number of aliphatic hydroxyl groups excluding tert-OH is 1. The SMILES string of the molecule is CO[C@H](O)C1CCC(COS(C)(=O)=O)CC1. The van der Waals surface area contributed by atoms with Gasteiger partial charge in [0, 0.05) is 13.0 Å². The Morgan fingerprint density at radius 3 is 2.31 bits per heavy atom. The fourth-order valence-corrected chi connectivity index (χ4v) is 2.49. The summed E-state index contributed by atoms with van der Waals surface area (Å²) < 4.78 is 31.3. The van der Waals surface area contributed by atoms with E-state index in [2.05, 4.69) is 0 Å². The van der Waals surface area contributed by atoms with Gasteiger partial charge in [0.25, 0.3) is 10.1 Å². The van der Waals surface area contributed by atoms with Gasteiger partial charge in [-0.1, -0.05) is 0 Å². The topological polar surface area (TPSA) is 72.8 Å². The van der Waals surface area contributed by atoms with Crippen molar-refractivity contribution >= 4 is 10.1 Å². The van der Waals surface area contributed by atoms with Gasteiger partial charge < -0.3 is 9.84 Å². The van der Waals surface area contributed by atoms with Crippen molar-refractivity contribution in [1.82, 2.24) is 0 Å². The highest BCUT2D eigenvalue weighted by Gasteiger charge is 2.26. The highest BCUT2D eigenvalue weighted by molar-refractivity contribution is 7.85. The monoisotopic (exact) mass is 252 g/mol. The van der Waals surface area contributed by atoms with Crippen molar-refractivity contribution in [1.29, 1.82) is 0 Å². The molecule has 0 heterocycles. The third-order valence-electron chi connectivity index (χ3n) is 3.05. The summed E-state index contributed by atoms with van der Waals surface area (Å²) >= 11 is 0. The molecule has 0 aromatic rings. The largest absolute Gasteiger partial charge is 0.368 e. The third kappa shape index (κ3) is 4.78. The molecule has 1 N–H and O–H groups in total. The van der Waals surface area contributed by atoms with Crippen LogP contribution < -0.4 is 0 Å². The molecule has 1 atom stereocenters. The molecule has 1 aliphatic carbocycles. The summed E-state index contributed by atoms with van der Waals surface area (Å²) in [4.78, 5) is 0. The Hall–Kier alpha value is -0.170. The minimum absolute atomic E-state index is 0.166. The molecule has 1 aliphatic rings. The lowest BCUT2D eigenvalue weighted by Gasteiger charge is -2.30. The van der Waals surface area contributed by atoms with Crippen molar-refractivity contribution in [3.8, 4) is 0 Å². The van der Waals surface area contributed by atoms with E-state index in [0.717, 1.165) is 31.9 Å². The second kappa shape index (κ2) is 5.95. The van der Waals surface area contributed by atoms with Gasteiger partial charge in [0.2, 0.25) is 0 Å². The average molecular weight is 252 g/mol. The molecular weight excluding hydrogens is 232 g/mol. The average Bonchev–Trinajstić information content (AvgIpc) is 2.25. The van der Waals surface area contributed by atoms with Crippen LogP contribution in [0.3, 0.4) is 0 Å². The van der Waals surface area contributed by atoms with Gasteiger partial charge in [0.05, 0.1) is 12.9 Å². The van der Waals surface area contributed by atoms with Gasteiger partial charge >= 0.3 is 0 Å². The summed E-state index contributed by atoms with van der Waals surface area (Å²) in [6.07, 6.45) is 3.82. The zero-order valence-corrected chi connectivity index (χ0v) is 10.6. The number of hydrogen-bond donors (Lipinski definition) is 1. The standard InChI is InChI=1S/C10H20O5S/c1-14-10(11)9-5-3-8(4-6-9)7-15-16(2,12)13/h8-11H,3-7H2,1-2H3/t8?,9?,10-/m0/s1. The molecule has 5 nitrogen and oxygen atoms in total. The normalized spacial score (nSPS) is 28.9. The number of hydrogen-bond acceptors (Lipinski definition) is 5. The molecule has 0 spiro atoms. The van der Waals surface area contributed by atoms with Gasteiger partial charge in [0.15, 0.2) is 6.29 Å². The van der Waals surface area contributed by atoms with E-state index in [1.807, 2.05) is 0 Å². The molecule has 0 aromatic heterocycles. The zero-order valence-electron chi connectivity index (χ0n) is 9.76. The Kier molecular flexibility index (Phi) is 5.17. The van der Waals surface area contributed by atoms with E-state index < -0.39 is 16.4 Å². The van der Waals surface area contributed by atoms with Gasteiger partial charge in [-0.05, 0) is 31.6 Å². The smallest absolute Gasteiger partial charge is 0.264 e. The molecular formula is C10H20O5S. The summed E-state index contributed by atoms with van der Waals surface area (Å²) in [7, 11) is -1.84. The Morgan fingerprint density at radius 1 is 1.31 bits per heavy atom. The molecule has 0 saturated heterocycles. The summed E-state index contributed by atoms with van der Waals surface area (Å²) in [5.41, 5.74) is 0. The molecule has 1 rings (SSSR count). The molecule has 6 heteroatoms. The molecule has 96 valence electrons. The fourth-order valence-electron chi connectivity index (χ4n) is 2.05. The van der Waals surface area contributed by atoms with Crippen LogP contribution in [0.25, 0.3) is 0 Å². The van der Waals surface area contributed by atoms with Crippen molar-refractivity contribution in [2.45, 2.75) is 32.0 Å². The molecule has 0 aliphatic heterocycles. The van der Waals surface area contributed by atoms with Crippen molar-refractivity contribution < 1.29 is 22.4 Å². The lowest BCUT2D eigenvalue weighted by molar-refractivity contribution is -0.123. The van der Waals surface area contributed by atoms with E-state index in [0.29, 0.717) is 0 Å². The van der Waals surface area contributed by atoms with Crippen LogP contribution in [0.5, 0.6) is 0 Å². The van der Waals surface area contributed by atoms with E-state index in [-0.39, 0.29) is 18.4 Å². The number of ether oxygens (including phenoxy) is 1. The van der Waals surface area contributed by atoms with Crippen molar-refractivity contribution in [2.24, 2.45) is 11.8 Å². The molecule has 0 bridgehead atoms. The summed E-state index contributed by atoms with van der Waals surface area (Å²) in [5, 5.41) is 9.48. The summed E-state index contributed by atoms with van der Waals surface area (Å²) in [6.45, 7) is 0.259. The van der Waals surface area contributed by atoms with Gasteiger partial charge in [-0.25, -0.2) is 0 Å². The minimum atomic E-state index is -3.33. The number of rotatable bonds is 5. The van der Waals surface area contributed by atoms with Gasteiger partial charge in [-0.2, -0.15) is 8.42 Å². The predicted octanol–water partition coefficient (Wildman–Crippen LogP) is 0.734. The van der Waals surface area contributed by atoms with Crippen LogP contribution in [0.15, 0.2) is 0 Å². The molecule has 1 fully saturated rings. The summed E-state index contributed by atoms with van der Waals surface area (Å²) in [5.74, 6) is 0.439. The van der Waals surface area contributed by atoms with Gasteiger partial charge in [0.1, 0.15) is 0 Å². The maximum absolute atomic E-state index is 10.8. The summed E-state index contributed by atoms with van der Waals surface area (Å²) in [6, 6.07) is 0. The highest BCUT2D eigenvalue weighted by Crippen LogP contribution is 2.31. The van der Waals surface area contributed by atoms with E-state index in [4.69, 9.17) is 8.92 Å². The van der Waals surface area contributed by atoms with Crippen LogP contribution in [0.2, 0.25) is 0 Å².